The molecule has 19 heavy (non-hydrogen) atoms. The zero-order valence-electron chi connectivity index (χ0n) is 10.2. The number of carboxylic acid groups (broad SMARTS) is 1. The highest BCUT2D eigenvalue weighted by Crippen LogP contribution is 2.44. The molecule has 2 N–H and O–H groups in total. The summed E-state index contributed by atoms with van der Waals surface area (Å²) in [6, 6.07) is 1.25. The normalized spacial score (nSPS) is 29.8. The predicted octanol–water partition coefficient (Wildman–Crippen LogP) is 1.91. The van der Waals surface area contributed by atoms with Crippen molar-refractivity contribution in [1.82, 2.24) is 4.72 Å². The first-order chi connectivity index (χ1) is 8.95. The average Bonchev–Trinajstić information content (AvgIpc) is 3.04. The number of hydrogen-bond acceptors (Lipinski definition) is 4. The van der Waals surface area contributed by atoms with Gasteiger partial charge in [-0.15, -0.1) is 11.3 Å². The second-order valence-corrected chi connectivity index (χ2v) is 7.98. The van der Waals surface area contributed by atoms with Crippen LogP contribution in [0.4, 0.5) is 0 Å². The summed E-state index contributed by atoms with van der Waals surface area (Å²) in [5, 5.41) is 10.2. The maximum atomic E-state index is 12.2. The van der Waals surface area contributed by atoms with E-state index in [9.17, 15) is 13.2 Å². The first-order valence-electron chi connectivity index (χ1n) is 6.30. The fraction of sp³-hybridized carbons (Fsp3) is 0.583. The van der Waals surface area contributed by atoms with Crippen LogP contribution in [0.25, 0.3) is 0 Å². The van der Waals surface area contributed by atoms with Crippen molar-refractivity contribution in [3.8, 4) is 0 Å². The van der Waals surface area contributed by atoms with Crippen molar-refractivity contribution >= 4 is 27.3 Å². The molecule has 1 heterocycles. The topological polar surface area (TPSA) is 83.5 Å². The van der Waals surface area contributed by atoms with Crippen molar-refractivity contribution in [2.75, 3.05) is 0 Å². The van der Waals surface area contributed by atoms with Crippen LogP contribution >= 0.6 is 11.3 Å². The van der Waals surface area contributed by atoms with Gasteiger partial charge in [-0.3, -0.25) is 0 Å². The summed E-state index contributed by atoms with van der Waals surface area (Å²) in [4.78, 5) is 10.9. The Labute approximate surface area is 115 Å². The fourth-order valence-corrected chi connectivity index (χ4v) is 5.66. The van der Waals surface area contributed by atoms with E-state index in [0.717, 1.165) is 30.6 Å². The molecule has 0 amide bonds. The fourth-order valence-electron chi connectivity index (χ4n) is 3.23. The van der Waals surface area contributed by atoms with Crippen LogP contribution in [-0.2, 0) is 10.0 Å². The minimum Gasteiger partial charge on any atom is -0.477 e. The zero-order valence-corrected chi connectivity index (χ0v) is 11.8. The van der Waals surface area contributed by atoms with Crippen LogP contribution in [0.2, 0.25) is 0 Å². The molecule has 104 valence electrons. The van der Waals surface area contributed by atoms with Gasteiger partial charge in [0.25, 0.3) is 0 Å². The number of hydrogen-bond donors (Lipinski definition) is 2. The molecule has 7 heteroatoms. The highest BCUT2D eigenvalue weighted by molar-refractivity contribution is 7.89. The van der Waals surface area contributed by atoms with Gasteiger partial charge >= 0.3 is 5.97 Å². The number of fused-ring (bicyclic) bond motifs is 2. The minimum absolute atomic E-state index is 0.0249. The summed E-state index contributed by atoms with van der Waals surface area (Å²) in [5.74, 6) is 0.0264. The molecule has 0 radical (unpaired) electrons. The van der Waals surface area contributed by atoms with Crippen LogP contribution in [0.3, 0.4) is 0 Å². The number of nitrogens with one attached hydrogen (secondary N) is 1. The van der Waals surface area contributed by atoms with Crippen LogP contribution in [-0.4, -0.2) is 25.5 Å². The van der Waals surface area contributed by atoms with Crippen LogP contribution in [0.15, 0.2) is 16.3 Å². The van der Waals surface area contributed by atoms with Crippen molar-refractivity contribution in [3.63, 3.8) is 0 Å². The molecule has 3 unspecified atom stereocenters. The first-order valence-corrected chi connectivity index (χ1v) is 8.66. The van der Waals surface area contributed by atoms with Crippen molar-refractivity contribution in [1.29, 1.82) is 0 Å². The summed E-state index contributed by atoms with van der Waals surface area (Å²) in [6.07, 6.45) is 4.35. The summed E-state index contributed by atoms with van der Waals surface area (Å²) in [5.41, 5.74) is 0. The van der Waals surface area contributed by atoms with E-state index < -0.39 is 16.0 Å². The Morgan fingerprint density at radius 1 is 1.37 bits per heavy atom. The maximum absolute atomic E-state index is 12.2. The predicted molar refractivity (Wildman–Crippen MR) is 70.8 cm³/mol. The third kappa shape index (κ3) is 2.42. The molecule has 0 aliphatic heterocycles. The number of thiophene rings is 1. The summed E-state index contributed by atoms with van der Waals surface area (Å²) in [6.45, 7) is 0. The van der Waals surface area contributed by atoms with Gasteiger partial charge < -0.3 is 5.11 Å². The molecule has 0 saturated heterocycles. The van der Waals surface area contributed by atoms with Gasteiger partial charge in [0.2, 0.25) is 10.0 Å². The molecule has 0 spiro atoms. The van der Waals surface area contributed by atoms with Gasteiger partial charge in [0, 0.05) is 11.4 Å². The second kappa shape index (κ2) is 4.57. The number of aromatic carboxylic acids is 1. The van der Waals surface area contributed by atoms with E-state index in [4.69, 9.17) is 5.11 Å². The Morgan fingerprint density at radius 2 is 2.16 bits per heavy atom. The SMILES string of the molecule is O=C(O)c1cc(S(=O)(=O)NC2CC3CCC2C3)cs1. The van der Waals surface area contributed by atoms with E-state index in [2.05, 4.69) is 4.72 Å². The highest BCUT2D eigenvalue weighted by Gasteiger charge is 2.41. The third-order valence-electron chi connectivity index (χ3n) is 4.14. The molecule has 0 aromatic carbocycles. The Hall–Kier alpha value is -0.920. The van der Waals surface area contributed by atoms with E-state index in [1.165, 1.54) is 17.9 Å². The summed E-state index contributed by atoms with van der Waals surface area (Å²) >= 11 is 0.939. The van der Waals surface area contributed by atoms with E-state index >= 15 is 0 Å². The van der Waals surface area contributed by atoms with Gasteiger partial charge in [-0.05, 0) is 37.2 Å². The smallest absolute Gasteiger partial charge is 0.345 e. The Morgan fingerprint density at radius 3 is 2.68 bits per heavy atom. The Kier molecular flexibility index (Phi) is 3.15. The number of carboxylic acids is 1. The lowest BCUT2D eigenvalue weighted by Crippen LogP contribution is -2.38. The minimum atomic E-state index is -3.58. The number of rotatable bonds is 4. The van der Waals surface area contributed by atoms with Crippen LogP contribution in [0.1, 0.15) is 35.4 Å². The molecule has 3 atom stereocenters. The average molecular weight is 301 g/mol. The molecule has 2 aliphatic carbocycles. The van der Waals surface area contributed by atoms with Crippen LogP contribution < -0.4 is 4.72 Å². The van der Waals surface area contributed by atoms with Crippen molar-refractivity contribution in [2.24, 2.45) is 11.8 Å². The van der Waals surface area contributed by atoms with Gasteiger partial charge in [-0.25, -0.2) is 17.9 Å². The largest absolute Gasteiger partial charge is 0.477 e. The summed E-state index contributed by atoms with van der Waals surface area (Å²) < 4.78 is 27.1. The molecule has 1 aromatic rings. The highest BCUT2D eigenvalue weighted by atomic mass is 32.2. The Balaban J connectivity index is 1.77. The Bertz CT molecular complexity index is 607. The lowest BCUT2D eigenvalue weighted by Gasteiger charge is -2.22. The molecular formula is C12H15NO4S2. The van der Waals surface area contributed by atoms with Gasteiger partial charge in [0.1, 0.15) is 4.88 Å². The van der Waals surface area contributed by atoms with E-state index in [1.54, 1.807) is 0 Å². The summed E-state index contributed by atoms with van der Waals surface area (Å²) in [7, 11) is -3.58. The monoisotopic (exact) mass is 301 g/mol. The van der Waals surface area contributed by atoms with Gasteiger partial charge in [0.05, 0.1) is 4.90 Å². The van der Waals surface area contributed by atoms with E-state index in [0.29, 0.717) is 11.8 Å². The van der Waals surface area contributed by atoms with E-state index in [1.807, 2.05) is 0 Å². The van der Waals surface area contributed by atoms with Crippen LogP contribution in [0.5, 0.6) is 0 Å². The molecule has 2 fully saturated rings. The maximum Gasteiger partial charge on any atom is 0.345 e. The third-order valence-corrected chi connectivity index (χ3v) is 6.68. The lowest BCUT2D eigenvalue weighted by molar-refractivity contribution is 0.0702. The molecule has 3 rings (SSSR count). The van der Waals surface area contributed by atoms with Gasteiger partial charge in [-0.2, -0.15) is 0 Å². The standard InChI is InChI=1S/C12H15NO4S2/c14-12(15)11-5-9(6-18-11)19(16,17)13-10-4-7-1-2-8(10)3-7/h5-8,10,13H,1-4H2,(H,14,15). The lowest BCUT2D eigenvalue weighted by atomic mass is 9.96. The molecule has 2 bridgehead atoms. The first kappa shape index (κ1) is 13.1. The van der Waals surface area contributed by atoms with E-state index in [-0.39, 0.29) is 15.8 Å². The van der Waals surface area contributed by atoms with Crippen molar-refractivity contribution in [2.45, 2.75) is 36.6 Å². The molecule has 2 aliphatic rings. The van der Waals surface area contributed by atoms with Gasteiger partial charge in [0.15, 0.2) is 0 Å². The molecular weight excluding hydrogens is 286 g/mol. The molecule has 5 nitrogen and oxygen atoms in total. The quantitative estimate of drug-likeness (QED) is 0.890. The molecule has 1 aromatic heterocycles. The zero-order chi connectivity index (χ0) is 13.6. The van der Waals surface area contributed by atoms with Crippen molar-refractivity contribution < 1.29 is 18.3 Å². The number of carbonyl (C=O) groups is 1. The van der Waals surface area contributed by atoms with Gasteiger partial charge in [-0.1, -0.05) is 6.42 Å². The second-order valence-electron chi connectivity index (χ2n) is 5.35. The van der Waals surface area contributed by atoms with Crippen molar-refractivity contribution in [3.05, 3.63) is 16.3 Å². The van der Waals surface area contributed by atoms with Crippen LogP contribution in [0, 0.1) is 11.8 Å². The number of sulfonamides is 1. The molecule has 2 saturated carbocycles.